The van der Waals surface area contributed by atoms with Crippen molar-refractivity contribution < 1.29 is 19.1 Å². The highest BCUT2D eigenvalue weighted by Gasteiger charge is 2.22. The summed E-state index contributed by atoms with van der Waals surface area (Å²) < 4.78 is 5.18. The summed E-state index contributed by atoms with van der Waals surface area (Å²) in [6.07, 6.45) is 3.24. The Morgan fingerprint density at radius 2 is 1.85 bits per heavy atom. The molecule has 0 fully saturated rings. The molecule has 1 aliphatic rings. The van der Waals surface area contributed by atoms with Crippen LogP contribution in [0.2, 0.25) is 0 Å². The molecule has 1 heterocycles. The molecular formula is C20H22N2O4S. The second kappa shape index (κ2) is 7.92. The van der Waals surface area contributed by atoms with E-state index < -0.39 is 11.9 Å². The van der Waals surface area contributed by atoms with Gasteiger partial charge in [-0.1, -0.05) is 6.07 Å². The van der Waals surface area contributed by atoms with Gasteiger partial charge < -0.3 is 15.4 Å². The van der Waals surface area contributed by atoms with Crippen LogP contribution in [-0.2, 0) is 27.2 Å². The van der Waals surface area contributed by atoms with Crippen molar-refractivity contribution in [2.24, 2.45) is 0 Å². The number of carbonyl (C=O) groups excluding carboxylic acids is 3. The highest BCUT2D eigenvalue weighted by Crippen LogP contribution is 2.33. The highest BCUT2D eigenvalue weighted by atomic mass is 32.1. The standard InChI is InChI=1S/C20H22N2O4S/c1-11-12(2)27-19(21-13(3)23)18(11)20(25)26-10-17(24)22-16-8-7-14-5-4-6-15(14)9-16/h7-9H,4-6,10H2,1-3H3,(H,21,23)(H,22,24). The fraction of sp³-hybridized carbons (Fsp3) is 0.350. The topological polar surface area (TPSA) is 84.5 Å². The van der Waals surface area contributed by atoms with Crippen molar-refractivity contribution >= 4 is 39.8 Å². The molecule has 2 aromatic rings. The minimum atomic E-state index is -0.621. The van der Waals surface area contributed by atoms with Crippen molar-refractivity contribution in [1.29, 1.82) is 0 Å². The molecule has 0 atom stereocenters. The molecule has 0 bridgehead atoms. The first-order chi connectivity index (χ1) is 12.8. The number of aryl methyl sites for hydroxylation is 3. The number of anilines is 2. The van der Waals surface area contributed by atoms with Crippen LogP contribution in [0.15, 0.2) is 18.2 Å². The largest absolute Gasteiger partial charge is 0.452 e. The molecule has 1 aromatic carbocycles. The zero-order chi connectivity index (χ0) is 19.6. The maximum atomic E-state index is 12.4. The van der Waals surface area contributed by atoms with Crippen LogP contribution in [0.4, 0.5) is 10.7 Å². The van der Waals surface area contributed by atoms with E-state index in [-0.39, 0.29) is 12.5 Å². The van der Waals surface area contributed by atoms with Gasteiger partial charge in [0.2, 0.25) is 5.91 Å². The van der Waals surface area contributed by atoms with Crippen molar-refractivity contribution in [3.8, 4) is 0 Å². The van der Waals surface area contributed by atoms with Gasteiger partial charge >= 0.3 is 5.97 Å². The molecule has 3 rings (SSSR count). The lowest BCUT2D eigenvalue weighted by atomic mass is 10.1. The Balaban J connectivity index is 1.62. The molecule has 7 heteroatoms. The average molecular weight is 386 g/mol. The molecule has 0 radical (unpaired) electrons. The summed E-state index contributed by atoms with van der Waals surface area (Å²) in [6.45, 7) is 4.65. The highest BCUT2D eigenvalue weighted by molar-refractivity contribution is 7.16. The third-order valence-corrected chi connectivity index (χ3v) is 5.72. The Kier molecular flexibility index (Phi) is 5.60. The maximum Gasteiger partial charge on any atom is 0.341 e. The van der Waals surface area contributed by atoms with Crippen LogP contribution in [0.3, 0.4) is 0 Å². The van der Waals surface area contributed by atoms with Gasteiger partial charge in [0.15, 0.2) is 6.61 Å². The smallest absolute Gasteiger partial charge is 0.341 e. The first-order valence-electron chi connectivity index (χ1n) is 8.81. The predicted molar refractivity (Wildman–Crippen MR) is 105 cm³/mol. The summed E-state index contributed by atoms with van der Waals surface area (Å²) in [5.74, 6) is -1.28. The fourth-order valence-electron chi connectivity index (χ4n) is 3.17. The number of esters is 1. The lowest BCUT2D eigenvalue weighted by Crippen LogP contribution is -2.21. The van der Waals surface area contributed by atoms with Crippen LogP contribution in [0.1, 0.15) is 45.3 Å². The average Bonchev–Trinajstić information content (AvgIpc) is 3.17. The third-order valence-electron chi connectivity index (χ3n) is 4.60. The van der Waals surface area contributed by atoms with Gasteiger partial charge in [0.05, 0.1) is 5.56 Å². The molecule has 0 unspecified atom stereocenters. The number of hydrogen-bond acceptors (Lipinski definition) is 5. The van der Waals surface area contributed by atoms with Crippen LogP contribution in [0.5, 0.6) is 0 Å². The lowest BCUT2D eigenvalue weighted by molar-refractivity contribution is -0.119. The van der Waals surface area contributed by atoms with Crippen LogP contribution in [-0.4, -0.2) is 24.4 Å². The van der Waals surface area contributed by atoms with E-state index in [2.05, 4.69) is 10.6 Å². The van der Waals surface area contributed by atoms with Crippen LogP contribution in [0.25, 0.3) is 0 Å². The summed E-state index contributed by atoms with van der Waals surface area (Å²) in [4.78, 5) is 36.8. The van der Waals surface area contributed by atoms with Crippen molar-refractivity contribution in [3.63, 3.8) is 0 Å². The Morgan fingerprint density at radius 3 is 2.59 bits per heavy atom. The zero-order valence-corrected chi connectivity index (χ0v) is 16.4. The summed E-state index contributed by atoms with van der Waals surface area (Å²) in [5.41, 5.74) is 4.34. The minimum Gasteiger partial charge on any atom is -0.452 e. The molecule has 2 amide bonds. The summed E-state index contributed by atoms with van der Waals surface area (Å²) >= 11 is 1.31. The number of nitrogens with one attached hydrogen (secondary N) is 2. The van der Waals surface area contributed by atoms with E-state index in [1.165, 1.54) is 29.4 Å². The molecule has 142 valence electrons. The van der Waals surface area contributed by atoms with Gasteiger partial charge in [-0.15, -0.1) is 11.3 Å². The maximum absolute atomic E-state index is 12.4. The van der Waals surface area contributed by atoms with Gasteiger partial charge in [-0.2, -0.15) is 0 Å². The summed E-state index contributed by atoms with van der Waals surface area (Å²) in [7, 11) is 0. The molecule has 0 spiro atoms. The van der Waals surface area contributed by atoms with Crippen molar-refractivity contribution in [1.82, 2.24) is 0 Å². The van der Waals surface area contributed by atoms with E-state index in [4.69, 9.17) is 4.74 Å². The number of thiophene rings is 1. The lowest BCUT2D eigenvalue weighted by Gasteiger charge is -2.09. The molecule has 6 nitrogen and oxygen atoms in total. The molecule has 0 saturated heterocycles. The number of benzene rings is 1. The minimum absolute atomic E-state index is 0.264. The van der Waals surface area contributed by atoms with Crippen molar-refractivity contribution in [3.05, 3.63) is 45.3 Å². The first kappa shape index (κ1) is 19.1. The van der Waals surface area contributed by atoms with Crippen molar-refractivity contribution in [2.45, 2.75) is 40.0 Å². The van der Waals surface area contributed by atoms with Gasteiger partial charge in [-0.3, -0.25) is 9.59 Å². The van der Waals surface area contributed by atoms with Gasteiger partial charge in [-0.25, -0.2) is 4.79 Å². The number of fused-ring (bicyclic) bond motifs is 1. The molecule has 2 N–H and O–H groups in total. The molecular weight excluding hydrogens is 364 g/mol. The first-order valence-corrected chi connectivity index (χ1v) is 9.63. The second-order valence-corrected chi connectivity index (χ2v) is 7.85. The third kappa shape index (κ3) is 4.36. The number of carbonyl (C=O) groups is 3. The number of amides is 2. The van der Waals surface area contributed by atoms with Gasteiger partial charge in [-0.05, 0) is 61.9 Å². The Morgan fingerprint density at radius 1 is 1.11 bits per heavy atom. The van der Waals surface area contributed by atoms with E-state index in [0.29, 0.717) is 16.3 Å². The molecule has 1 aromatic heterocycles. The van der Waals surface area contributed by atoms with E-state index in [1.54, 1.807) is 6.92 Å². The van der Waals surface area contributed by atoms with E-state index in [0.717, 1.165) is 29.7 Å². The van der Waals surface area contributed by atoms with E-state index >= 15 is 0 Å². The van der Waals surface area contributed by atoms with Crippen LogP contribution in [0, 0.1) is 13.8 Å². The molecule has 0 aliphatic heterocycles. The number of hydrogen-bond donors (Lipinski definition) is 2. The van der Waals surface area contributed by atoms with Crippen LogP contribution >= 0.6 is 11.3 Å². The Labute approximate surface area is 161 Å². The van der Waals surface area contributed by atoms with E-state index in [9.17, 15) is 14.4 Å². The predicted octanol–water partition coefficient (Wildman–Crippen LogP) is 3.61. The van der Waals surface area contributed by atoms with Crippen molar-refractivity contribution in [2.75, 3.05) is 17.2 Å². The number of rotatable bonds is 5. The zero-order valence-electron chi connectivity index (χ0n) is 15.6. The van der Waals surface area contributed by atoms with Crippen LogP contribution < -0.4 is 10.6 Å². The van der Waals surface area contributed by atoms with Gasteiger partial charge in [0.25, 0.3) is 5.91 Å². The summed E-state index contributed by atoms with van der Waals surface area (Å²) in [6, 6.07) is 5.87. The van der Waals surface area contributed by atoms with E-state index in [1.807, 2.05) is 25.1 Å². The number of ether oxygens (including phenoxy) is 1. The normalized spacial score (nSPS) is 12.4. The summed E-state index contributed by atoms with van der Waals surface area (Å²) in [5, 5.41) is 5.85. The molecule has 0 saturated carbocycles. The quantitative estimate of drug-likeness (QED) is 0.769. The molecule has 1 aliphatic carbocycles. The molecule has 27 heavy (non-hydrogen) atoms. The fourth-order valence-corrected chi connectivity index (χ4v) is 4.27. The monoisotopic (exact) mass is 386 g/mol. The Hall–Kier alpha value is -2.67. The SMILES string of the molecule is CC(=O)Nc1sc(C)c(C)c1C(=O)OCC(=O)Nc1ccc2c(c1)CCC2. The second-order valence-electron chi connectivity index (χ2n) is 6.63. The Bertz CT molecular complexity index is 917. The van der Waals surface area contributed by atoms with Gasteiger partial charge in [0, 0.05) is 17.5 Å². The van der Waals surface area contributed by atoms with Gasteiger partial charge in [0.1, 0.15) is 5.00 Å².